The summed E-state index contributed by atoms with van der Waals surface area (Å²) in [5.41, 5.74) is 0. The maximum Gasteiger partial charge on any atom is 0.242 e. The predicted molar refractivity (Wildman–Crippen MR) is 67.7 cm³/mol. The molecule has 1 amide bonds. The maximum absolute atomic E-state index is 12.7. The summed E-state index contributed by atoms with van der Waals surface area (Å²) in [4.78, 5) is 17.8. The first-order valence-electron chi connectivity index (χ1n) is 6.32. The molecule has 1 saturated heterocycles. The summed E-state index contributed by atoms with van der Waals surface area (Å²) < 4.78 is 12.7. The van der Waals surface area contributed by atoms with E-state index in [9.17, 15) is 9.18 Å². The van der Waals surface area contributed by atoms with Gasteiger partial charge in [0.1, 0.15) is 11.6 Å². The molecule has 98 valence electrons. The largest absolute Gasteiger partial charge is 0.361 e. The van der Waals surface area contributed by atoms with Crippen LogP contribution < -0.4 is 5.32 Å². The highest BCUT2D eigenvalue weighted by Crippen LogP contribution is 2.16. The van der Waals surface area contributed by atoms with Crippen LogP contribution in [0, 0.1) is 5.82 Å². The van der Waals surface area contributed by atoms with Crippen LogP contribution in [0.15, 0.2) is 18.3 Å². The fourth-order valence-electron chi connectivity index (χ4n) is 2.22. The summed E-state index contributed by atoms with van der Waals surface area (Å²) >= 11 is 0. The van der Waals surface area contributed by atoms with Crippen molar-refractivity contribution in [3.05, 3.63) is 24.1 Å². The number of nitrogens with one attached hydrogen (secondary N) is 1. The number of halogens is 1. The van der Waals surface area contributed by atoms with E-state index in [4.69, 9.17) is 0 Å². The Morgan fingerprint density at radius 3 is 3.06 bits per heavy atom. The molecule has 18 heavy (non-hydrogen) atoms. The summed E-state index contributed by atoms with van der Waals surface area (Å²) in [6.07, 6.45) is 4.47. The Kier molecular flexibility index (Phi) is 4.12. The summed E-state index contributed by atoms with van der Waals surface area (Å²) in [5, 5.41) is 2.92. The number of hydrogen-bond acceptors (Lipinski definition) is 3. The fraction of sp³-hybridized carbons (Fsp3) is 0.538. The molecule has 1 aromatic heterocycles. The van der Waals surface area contributed by atoms with E-state index in [1.54, 1.807) is 0 Å². The van der Waals surface area contributed by atoms with Gasteiger partial charge in [0.05, 0.1) is 12.7 Å². The molecule has 5 heteroatoms. The van der Waals surface area contributed by atoms with Gasteiger partial charge in [-0.3, -0.25) is 4.79 Å². The molecule has 1 fully saturated rings. The van der Waals surface area contributed by atoms with Crippen LogP contribution in [-0.4, -0.2) is 34.9 Å². The second kappa shape index (κ2) is 5.80. The summed E-state index contributed by atoms with van der Waals surface area (Å²) in [7, 11) is 0. The zero-order valence-electron chi connectivity index (χ0n) is 10.5. The van der Waals surface area contributed by atoms with Crippen molar-refractivity contribution in [3.63, 3.8) is 0 Å². The van der Waals surface area contributed by atoms with Crippen molar-refractivity contribution in [1.29, 1.82) is 0 Å². The van der Waals surface area contributed by atoms with E-state index in [0.29, 0.717) is 11.9 Å². The van der Waals surface area contributed by atoms with Crippen molar-refractivity contribution in [2.75, 3.05) is 18.4 Å². The molecule has 0 aliphatic carbocycles. The van der Waals surface area contributed by atoms with Gasteiger partial charge in [-0.15, -0.1) is 0 Å². The lowest BCUT2D eigenvalue weighted by Crippen LogP contribution is -2.44. The molecule has 2 heterocycles. The average Bonchev–Trinajstić information content (AvgIpc) is 2.38. The molecule has 1 aliphatic rings. The Labute approximate surface area is 106 Å². The first-order chi connectivity index (χ1) is 8.66. The van der Waals surface area contributed by atoms with Crippen LogP contribution in [0.3, 0.4) is 0 Å². The second-order valence-electron chi connectivity index (χ2n) is 4.65. The molecular weight excluding hydrogens is 233 g/mol. The number of rotatable bonds is 3. The van der Waals surface area contributed by atoms with Gasteiger partial charge in [0.15, 0.2) is 0 Å². The second-order valence-corrected chi connectivity index (χ2v) is 4.65. The van der Waals surface area contributed by atoms with Gasteiger partial charge in [-0.2, -0.15) is 0 Å². The summed E-state index contributed by atoms with van der Waals surface area (Å²) in [5.74, 6) is 0.222. The average molecular weight is 251 g/mol. The lowest BCUT2D eigenvalue weighted by molar-refractivity contribution is -0.132. The minimum atomic E-state index is -0.378. The molecule has 1 aliphatic heterocycles. The third-order valence-electron chi connectivity index (χ3n) is 3.27. The van der Waals surface area contributed by atoms with Gasteiger partial charge in [0, 0.05) is 12.6 Å². The van der Waals surface area contributed by atoms with Crippen molar-refractivity contribution in [3.8, 4) is 0 Å². The first-order valence-corrected chi connectivity index (χ1v) is 6.32. The molecule has 0 aromatic carbocycles. The highest BCUT2D eigenvalue weighted by Gasteiger charge is 2.22. The van der Waals surface area contributed by atoms with E-state index >= 15 is 0 Å². The van der Waals surface area contributed by atoms with Gasteiger partial charge in [-0.1, -0.05) is 0 Å². The van der Waals surface area contributed by atoms with Gasteiger partial charge in [0.2, 0.25) is 5.91 Å². The molecule has 4 nitrogen and oxygen atoms in total. The zero-order chi connectivity index (χ0) is 13.0. The van der Waals surface area contributed by atoms with Crippen molar-refractivity contribution >= 4 is 11.7 Å². The first kappa shape index (κ1) is 12.8. The molecule has 1 aromatic rings. The van der Waals surface area contributed by atoms with Crippen LogP contribution in [-0.2, 0) is 4.79 Å². The molecule has 0 saturated carbocycles. The van der Waals surface area contributed by atoms with Crippen molar-refractivity contribution in [2.45, 2.75) is 32.2 Å². The number of anilines is 1. The van der Waals surface area contributed by atoms with Gasteiger partial charge in [-0.05, 0) is 38.3 Å². The number of pyridine rings is 1. The molecule has 0 bridgehead atoms. The molecule has 0 unspecified atom stereocenters. The molecule has 0 spiro atoms. The number of likely N-dealkylation sites (tertiary alicyclic amines) is 1. The number of amides is 1. The van der Waals surface area contributed by atoms with Gasteiger partial charge in [-0.25, -0.2) is 9.37 Å². The predicted octanol–water partition coefficient (Wildman–Crippen LogP) is 2.03. The number of piperidine rings is 1. The number of aromatic nitrogens is 1. The Morgan fingerprint density at radius 1 is 1.56 bits per heavy atom. The van der Waals surface area contributed by atoms with Crippen LogP contribution in [0.4, 0.5) is 10.2 Å². The van der Waals surface area contributed by atoms with Gasteiger partial charge in [0.25, 0.3) is 0 Å². The minimum absolute atomic E-state index is 0.0772. The summed E-state index contributed by atoms with van der Waals surface area (Å²) in [6.45, 7) is 3.12. The van der Waals surface area contributed by atoms with Crippen LogP contribution in [0.1, 0.15) is 26.2 Å². The maximum atomic E-state index is 12.7. The molecular formula is C13H18FN3O. The monoisotopic (exact) mass is 251 g/mol. The number of carbonyl (C=O) groups excluding carboxylic acids is 1. The van der Waals surface area contributed by atoms with E-state index in [2.05, 4.69) is 17.2 Å². The van der Waals surface area contributed by atoms with Crippen LogP contribution in [0.25, 0.3) is 0 Å². The standard InChI is InChI=1S/C13H18FN3O/c1-10-4-2-3-7-17(10)13(18)9-16-12-6-5-11(14)8-15-12/h5-6,8,10H,2-4,7,9H2,1H3,(H,15,16)/t10-/m0/s1. The number of nitrogens with zero attached hydrogens (tertiary/aromatic N) is 2. The number of hydrogen-bond donors (Lipinski definition) is 1. The zero-order valence-corrected chi connectivity index (χ0v) is 10.5. The molecule has 2 rings (SSSR count). The lowest BCUT2D eigenvalue weighted by Gasteiger charge is -2.33. The van der Waals surface area contributed by atoms with E-state index in [1.165, 1.54) is 18.6 Å². The fourth-order valence-corrected chi connectivity index (χ4v) is 2.22. The van der Waals surface area contributed by atoms with Crippen LogP contribution in [0.5, 0.6) is 0 Å². The van der Waals surface area contributed by atoms with Gasteiger partial charge < -0.3 is 10.2 Å². The summed E-state index contributed by atoms with van der Waals surface area (Å²) in [6, 6.07) is 3.17. The highest BCUT2D eigenvalue weighted by atomic mass is 19.1. The smallest absolute Gasteiger partial charge is 0.242 e. The van der Waals surface area contributed by atoms with Crippen LogP contribution in [0.2, 0.25) is 0 Å². The Hall–Kier alpha value is -1.65. The lowest BCUT2D eigenvalue weighted by atomic mass is 10.0. The van der Waals surface area contributed by atoms with E-state index < -0.39 is 0 Å². The van der Waals surface area contributed by atoms with Crippen molar-refractivity contribution in [1.82, 2.24) is 9.88 Å². The van der Waals surface area contributed by atoms with Crippen molar-refractivity contribution in [2.24, 2.45) is 0 Å². The van der Waals surface area contributed by atoms with Crippen molar-refractivity contribution < 1.29 is 9.18 Å². The Balaban J connectivity index is 1.85. The van der Waals surface area contributed by atoms with E-state index in [-0.39, 0.29) is 18.3 Å². The number of carbonyl (C=O) groups is 1. The molecule has 1 N–H and O–H groups in total. The third-order valence-corrected chi connectivity index (χ3v) is 3.27. The quantitative estimate of drug-likeness (QED) is 0.894. The Bertz CT molecular complexity index is 407. The topological polar surface area (TPSA) is 45.2 Å². The van der Waals surface area contributed by atoms with E-state index in [1.807, 2.05) is 4.90 Å². The SMILES string of the molecule is C[C@H]1CCCCN1C(=O)CNc1ccc(F)cn1. The third kappa shape index (κ3) is 3.18. The highest BCUT2D eigenvalue weighted by molar-refractivity contribution is 5.80. The minimum Gasteiger partial charge on any atom is -0.361 e. The van der Waals surface area contributed by atoms with E-state index in [0.717, 1.165) is 25.6 Å². The molecule has 0 radical (unpaired) electrons. The molecule has 1 atom stereocenters. The van der Waals surface area contributed by atoms with Gasteiger partial charge >= 0.3 is 0 Å². The van der Waals surface area contributed by atoms with Crippen LogP contribution >= 0.6 is 0 Å². The normalized spacial score (nSPS) is 19.7. The Morgan fingerprint density at radius 2 is 2.39 bits per heavy atom.